The van der Waals surface area contributed by atoms with E-state index in [-0.39, 0.29) is 11.8 Å². The molecule has 6 heteroatoms. The Morgan fingerprint density at radius 1 is 1.25 bits per heavy atom. The number of piperidine rings is 1. The summed E-state index contributed by atoms with van der Waals surface area (Å²) in [5.74, 6) is 1.00. The molecule has 5 nitrogen and oxygen atoms in total. The van der Waals surface area contributed by atoms with E-state index in [4.69, 9.17) is 11.6 Å². The number of rotatable bonds is 4. The number of halogens is 1. The van der Waals surface area contributed by atoms with Crippen LogP contribution in [-0.4, -0.2) is 29.2 Å². The van der Waals surface area contributed by atoms with Crippen molar-refractivity contribution in [2.24, 2.45) is 5.92 Å². The van der Waals surface area contributed by atoms with Crippen molar-refractivity contribution in [1.29, 1.82) is 0 Å². The molecule has 1 saturated heterocycles. The number of H-pyrrole nitrogens is 1. The van der Waals surface area contributed by atoms with E-state index >= 15 is 0 Å². The molecule has 2 aromatic carbocycles. The zero-order valence-electron chi connectivity index (χ0n) is 16.2. The topological polar surface area (TPSA) is 69.8 Å². The van der Waals surface area contributed by atoms with Gasteiger partial charge in [-0.25, -0.2) is 0 Å². The van der Waals surface area contributed by atoms with Gasteiger partial charge in [0.2, 0.25) is 5.91 Å². The van der Waals surface area contributed by atoms with Gasteiger partial charge in [-0.1, -0.05) is 37.6 Å². The van der Waals surface area contributed by atoms with Crippen molar-refractivity contribution >= 4 is 34.2 Å². The van der Waals surface area contributed by atoms with Crippen molar-refractivity contribution in [3.63, 3.8) is 0 Å². The highest BCUT2D eigenvalue weighted by Gasteiger charge is 2.22. The monoisotopic (exact) mass is 396 g/mol. The van der Waals surface area contributed by atoms with Gasteiger partial charge < -0.3 is 10.6 Å². The van der Waals surface area contributed by atoms with Gasteiger partial charge in [-0.05, 0) is 60.7 Å². The maximum Gasteiger partial charge on any atom is 0.229 e. The number of nitrogens with zero attached hydrogens (tertiary/aromatic N) is 1. The van der Waals surface area contributed by atoms with E-state index < -0.39 is 0 Å². The van der Waals surface area contributed by atoms with Crippen molar-refractivity contribution < 1.29 is 4.79 Å². The molecule has 0 unspecified atom stereocenters. The Labute approximate surface area is 169 Å². The normalized spacial score (nSPS) is 17.2. The van der Waals surface area contributed by atoms with E-state index in [0.29, 0.717) is 16.8 Å². The second-order valence-electron chi connectivity index (χ2n) is 7.76. The second kappa shape index (κ2) is 7.94. The first-order chi connectivity index (χ1) is 13.5. The highest BCUT2D eigenvalue weighted by Crippen LogP contribution is 2.34. The first-order valence-electron chi connectivity index (χ1n) is 9.82. The molecule has 0 aliphatic carbocycles. The van der Waals surface area contributed by atoms with Gasteiger partial charge >= 0.3 is 0 Å². The highest BCUT2D eigenvalue weighted by molar-refractivity contribution is 6.33. The van der Waals surface area contributed by atoms with Gasteiger partial charge in [-0.15, -0.1) is 0 Å². The maximum absolute atomic E-state index is 12.6. The lowest BCUT2D eigenvalue weighted by atomic mass is 9.96. The maximum atomic E-state index is 12.6. The molecule has 4 rings (SSSR count). The number of carbonyl (C=O) groups is 1. The molecule has 1 atom stereocenters. The van der Waals surface area contributed by atoms with Crippen molar-refractivity contribution in [1.82, 2.24) is 15.5 Å². The van der Waals surface area contributed by atoms with E-state index in [2.05, 4.69) is 46.8 Å². The molecule has 1 fully saturated rings. The van der Waals surface area contributed by atoms with Crippen LogP contribution < -0.4 is 10.6 Å². The zero-order valence-corrected chi connectivity index (χ0v) is 16.9. The summed E-state index contributed by atoms with van der Waals surface area (Å²) < 4.78 is 0. The Kier molecular flexibility index (Phi) is 5.38. The number of aromatic nitrogens is 2. The minimum Gasteiger partial charge on any atom is -0.316 e. The average molecular weight is 397 g/mol. The van der Waals surface area contributed by atoms with Crippen molar-refractivity contribution in [3.8, 4) is 11.1 Å². The largest absolute Gasteiger partial charge is 0.316 e. The van der Waals surface area contributed by atoms with Gasteiger partial charge in [0.25, 0.3) is 0 Å². The molecule has 1 aromatic heterocycles. The molecule has 3 N–H and O–H groups in total. The molecule has 0 radical (unpaired) electrons. The lowest BCUT2D eigenvalue weighted by molar-refractivity contribution is -0.120. The van der Waals surface area contributed by atoms with Crippen LogP contribution in [0.4, 0.5) is 5.82 Å². The van der Waals surface area contributed by atoms with Crippen LogP contribution >= 0.6 is 11.6 Å². The third-order valence-electron chi connectivity index (χ3n) is 5.44. The fraction of sp³-hybridized carbons (Fsp3) is 0.364. The predicted octanol–water partition coefficient (Wildman–Crippen LogP) is 4.94. The van der Waals surface area contributed by atoms with Crippen LogP contribution in [-0.2, 0) is 4.79 Å². The van der Waals surface area contributed by atoms with Crippen LogP contribution in [0.3, 0.4) is 0 Å². The molecule has 146 valence electrons. The fourth-order valence-electron chi connectivity index (χ4n) is 3.69. The molecule has 1 aliphatic heterocycles. The van der Waals surface area contributed by atoms with Gasteiger partial charge in [0.1, 0.15) is 0 Å². The molecule has 2 heterocycles. The number of aromatic amines is 1. The van der Waals surface area contributed by atoms with Gasteiger partial charge in [0.15, 0.2) is 5.82 Å². The predicted molar refractivity (Wildman–Crippen MR) is 115 cm³/mol. The Morgan fingerprint density at radius 2 is 2.11 bits per heavy atom. The van der Waals surface area contributed by atoms with Crippen LogP contribution in [0.15, 0.2) is 36.4 Å². The van der Waals surface area contributed by atoms with E-state index in [1.807, 2.05) is 24.3 Å². The summed E-state index contributed by atoms with van der Waals surface area (Å²) in [6.07, 6.45) is 1.93. The summed E-state index contributed by atoms with van der Waals surface area (Å²) in [4.78, 5) is 12.6. The van der Waals surface area contributed by atoms with E-state index in [1.54, 1.807) is 0 Å². The zero-order chi connectivity index (χ0) is 19.7. The SMILES string of the molecule is CC(C)c1ccc(Cl)c(-c2ccc3[nH]nc(NC(=O)[C@@H]4CCCNC4)c3c2)c1. The average Bonchev–Trinajstić information content (AvgIpc) is 3.11. The summed E-state index contributed by atoms with van der Waals surface area (Å²) in [5.41, 5.74) is 4.13. The van der Waals surface area contributed by atoms with E-state index in [9.17, 15) is 4.79 Å². The number of amides is 1. The molecule has 0 spiro atoms. The van der Waals surface area contributed by atoms with E-state index in [1.165, 1.54) is 5.56 Å². The molecule has 0 saturated carbocycles. The van der Waals surface area contributed by atoms with Crippen LogP contribution in [0, 0.1) is 5.92 Å². The number of carbonyl (C=O) groups excluding carboxylic acids is 1. The standard InChI is InChI=1S/C22H25ClN4O/c1-13(2)14-5-7-19(23)17(10-14)15-6-8-20-18(11-15)21(27-26-20)25-22(28)16-4-3-9-24-12-16/h5-8,10-11,13,16,24H,3-4,9,12H2,1-2H3,(H2,25,26,27,28)/t16-/m1/s1. The Hall–Kier alpha value is -2.37. The molecular formula is C22H25ClN4O. The molecule has 1 aliphatic rings. The Balaban J connectivity index is 1.67. The summed E-state index contributed by atoms with van der Waals surface area (Å²) in [7, 11) is 0. The van der Waals surface area contributed by atoms with Crippen LogP contribution in [0.2, 0.25) is 5.02 Å². The smallest absolute Gasteiger partial charge is 0.229 e. The number of hydrogen-bond acceptors (Lipinski definition) is 3. The third-order valence-corrected chi connectivity index (χ3v) is 5.77. The lowest BCUT2D eigenvalue weighted by Crippen LogP contribution is -2.37. The van der Waals surface area contributed by atoms with Crippen LogP contribution in [0.5, 0.6) is 0 Å². The van der Waals surface area contributed by atoms with Crippen molar-refractivity contribution in [2.75, 3.05) is 18.4 Å². The number of hydrogen-bond donors (Lipinski definition) is 3. The summed E-state index contributed by atoms with van der Waals surface area (Å²) in [5, 5.41) is 15.2. The van der Waals surface area contributed by atoms with Crippen LogP contribution in [0.1, 0.15) is 38.2 Å². The quantitative estimate of drug-likeness (QED) is 0.584. The number of fused-ring (bicyclic) bond motifs is 1. The number of benzene rings is 2. The summed E-state index contributed by atoms with van der Waals surface area (Å²) >= 11 is 6.49. The fourth-order valence-corrected chi connectivity index (χ4v) is 3.92. The van der Waals surface area contributed by atoms with Gasteiger partial charge in [0.05, 0.1) is 11.4 Å². The summed E-state index contributed by atoms with van der Waals surface area (Å²) in [6, 6.07) is 12.2. The Morgan fingerprint density at radius 3 is 2.86 bits per heavy atom. The van der Waals surface area contributed by atoms with E-state index in [0.717, 1.165) is 48.0 Å². The Bertz CT molecular complexity index is 1000. The molecular weight excluding hydrogens is 372 g/mol. The van der Waals surface area contributed by atoms with Crippen molar-refractivity contribution in [3.05, 3.63) is 47.0 Å². The first-order valence-corrected chi connectivity index (χ1v) is 10.2. The summed E-state index contributed by atoms with van der Waals surface area (Å²) in [6.45, 7) is 6.03. The number of nitrogens with one attached hydrogen (secondary N) is 3. The van der Waals surface area contributed by atoms with Crippen molar-refractivity contribution in [2.45, 2.75) is 32.6 Å². The molecule has 28 heavy (non-hydrogen) atoms. The molecule has 0 bridgehead atoms. The highest BCUT2D eigenvalue weighted by atomic mass is 35.5. The lowest BCUT2D eigenvalue weighted by Gasteiger charge is -2.21. The van der Waals surface area contributed by atoms with Gasteiger partial charge in [0, 0.05) is 22.5 Å². The minimum absolute atomic E-state index is 0.0131. The number of anilines is 1. The van der Waals surface area contributed by atoms with Crippen LogP contribution in [0.25, 0.3) is 22.0 Å². The van der Waals surface area contributed by atoms with Gasteiger partial charge in [-0.3, -0.25) is 9.89 Å². The first kappa shape index (κ1) is 19.0. The second-order valence-corrected chi connectivity index (χ2v) is 8.17. The third kappa shape index (κ3) is 3.77. The molecule has 3 aromatic rings. The molecule has 1 amide bonds. The van der Waals surface area contributed by atoms with Gasteiger partial charge in [-0.2, -0.15) is 5.10 Å². The minimum atomic E-state index is -0.0131.